The van der Waals surface area contributed by atoms with E-state index in [4.69, 9.17) is 4.74 Å². The van der Waals surface area contributed by atoms with Crippen LogP contribution in [-0.4, -0.2) is 31.1 Å². The predicted molar refractivity (Wildman–Crippen MR) is 100 cm³/mol. The normalized spacial score (nSPS) is 16.8. The highest BCUT2D eigenvalue weighted by molar-refractivity contribution is 6.05. The van der Waals surface area contributed by atoms with E-state index in [1.807, 2.05) is 0 Å². The summed E-state index contributed by atoms with van der Waals surface area (Å²) in [6.45, 7) is 1.03. The molecule has 0 radical (unpaired) electrons. The van der Waals surface area contributed by atoms with Gasteiger partial charge in [0.2, 0.25) is 0 Å². The first-order chi connectivity index (χ1) is 13.1. The van der Waals surface area contributed by atoms with Crippen molar-refractivity contribution < 1.29 is 18.7 Å². The second-order valence-electron chi connectivity index (χ2n) is 6.24. The number of nitrogens with one attached hydrogen (secondary N) is 2. The maximum Gasteiger partial charge on any atom is 0.267 e. The highest BCUT2D eigenvalue weighted by Gasteiger charge is 2.19. The van der Waals surface area contributed by atoms with Gasteiger partial charge < -0.3 is 15.4 Å². The second-order valence-corrected chi connectivity index (χ2v) is 6.24. The first-order valence-corrected chi connectivity index (χ1v) is 8.86. The maximum atomic E-state index is 14.0. The molecule has 2 N–H and O–H groups in total. The Bertz CT molecular complexity index is 830. The molecule has 0 unspecified atom stereocenters. The fraction of sp³-hybridized carbons (Fsp3) is 0.238. The summed E-state index contributed by atoms with van der Waals surface area (Å²) in [6.07, 6.45) is 3.14. The quantitative estimate of drug-likeness (QED) is 0.771. The standard InChI is InChI=1S/C21H21FN2O3/c22-18-11-5-4-9-16(18)13-19(21(26)23-14-17-10-6-12-27-17)24-20(25)15-7-2-1-3-8-15/h1-5,7-9,11,13,17H,6,10,12,14H2,(H,23,26)(H,24,25)/b19-13+/t17-/m0/s1. The molecule has 0 saturated carbocycles. The summed E-state index contributed by atoms with van der Waals surface area (Å²) in [5.41, 5.74) is 0.601. The Labute approximate surface area is 157 Å². The zero-order chi connectivity index (χ0) is 19.1. The lowest BCUT2D eigenvalue weighted by Crippen LogP contribution is -2.38. The molecule has 6 heteroatoms. The number of rotatable bonds is 6. The number of amides is 2. The van der Waals surface area contributed by atoms with Gasteiger partial charge in [0.05, 0.1) is 6.10 Å². The average molecular weight is 368 g/mol. The number of ether oxygens (including phenoxy) is 1. The summed E-state index contributed by atoms with van der Waals surface area (Å²) in [6, 6.07) is 14.6. The third kappa shape index (κ3) is 5.24. The Hall–Kier alpha value is -2.99. The van der Waals surface area contributed by atoms with E-state index in [-0.39, 0.29) is 17.4 Å². The van der Waals surface area contributed by atoms with Crippen LogP contribution < -0.4 is 10.6 Å². The fourth-order valence-electron chi connectivity index (χ4n) is 2.80. The Balaban J connectivity index is 1.78. The summed E-state index contributed by atoms with van der Waals surface area (Å²) in [5, 5.41) is 5.34. The second kappa shape index (κ2) is 9.09. The van der Waals surface area contributed by atoms with Crippen molar-refractivity contribution in [2.75, 3.05) is 13.2 Å². The highest BCUT2D eigenvalue weighted by atomic mass is 19.1. The fourth-order valence-corrected chi connectivity index (χ4v) is 2.80. The molecule has 1 heterocycles. The molecule has 3 rings (SSSR count). The molecule has 0 spiro atoms. The van der Waals surface area contributed by atoms with Gasteiger partial charge in [0.25, 0.3) is 11.8 Å². The zero-order valence-corrected chi connectivity index (χ0v) is 14.8. The van der Waals surface area contributed by atoms with Crippen molar-refractivity contribution >= 4 is 17.9 Å². The van der Waals surface area contributed by atoms with Crippen LogP contribution in [0.1, 0.15) is 28.8 Å². The van der Waals surface area contributed by atoms with Gasteiger partial charge in [-0.2, -0.15) is 0 Å². The first-order valence-electron chi connectivity index (χ1n) is 8.86. The van der Waals surface area contributed by atoms with Gasteiger partial charge in [0, 0.05) is 24.3 Å². The van der Waals surface area contributed by atoms with Crippen LogP contribution in [0.4, 0.5) is 4.39 Å². The van der Waals surface area contributed by atoms with E-state index < -0.39 is 17.6 Å². The van der Waals surface area contributed by atoms with E-state index in [9.17, 15) is 14.0 Å². The lowest BCUT2D eigenvalue weighted by Gasteiger charge is -2.14. The van der Waals surface area contributed by atoms with Crippen LogP contribution in [0.25, 0.3) is 6.08 Å². The van der Waals surface area contributed by atoms with E-state index in [1.54, 1.807) is 42.5 Å². The van der Waals surface area contributed by atoms with Crippen molar-refractivity contribution in [3.05, 3.63) is 77.2 Å². The largest absolute Gasteiger partial charge is 0.376 e. The van der Waals surface area contributed by atoms with Crippen molar-refractivity contribution in [1.82, 2.24) is 10.6 Å². The van der Waals surface area contributed by atoms with Crippen molar-refractivity contribution in [1.29, 1.82) is 0 Å². The van der Waals surface area contributed by atoms with Gasteiger partial charge in [-0.3, -0.25) is 9.59 Å². The first kappa shape index (κ1) is 18.8. The maximum absolute atomic E-state index is 14.0. The van der Waals surface area contributed by atoms with Crippen molar-refractivity contribution in [3.8, 4) is 0 Å². The Morgan fingerprint density at radius 1 is 1.11 bits per heavy atom. The number of hydrogen-bond donors (Lipinski definition) is 2. The Kier molecular flexibility index (Phi) is 6.33. The minimum absolute atomic E-state index is 0.0213. The Morgan fingerprint density at radius 2 is 1.85 bits per heavy atom. The molecule has 1 fully saturated rings. The lowest BCUT2D eigenvalue weighted by atomic mass is 10.1. The summed E-state index contributed by atoms with van der Waals surface area (Å²) in [5.74, 6) is -1.40. The topological polar surface area (TPSA) is 67.4 Å². The molecule has 1 saturated heterocycles. The molecule has 27 heavy (non-hydrogen) atoms. The van der Waals surface area contributed by atoms with E-state index in [0.29, 0.717) is 18.7 Å². The summed E-state index contributed by atoms with van der Waals surface area (Å²) in [7, 11) is 0. The number of halogens is 1. The van der Waals surface area contributed by atoms with Gasteiger partial charge >= 0.3 is 0 Å². The van der Waals surface area contributed by atoms with Gasteiger partial charge in [-0.15, -0.1) is 0 Å². The molecular weight excluding hydrogens is 347 g/mol. The number of benzene rings is 2. The molecule has 1 aliphatic heterocycles. The molecule has 2 aromatic carbocycles. The summed E-state index contributed by atoms with van der Waals surface area (Å²) >= 11 is 0. The minimum atomic E-state index is -0.488. The molecule has 0 aliphatic carbocycles. The molecular formula is C21H21FN2O3. The van der Waals surface area contributed by atoms with Crippen LogP contribution in [0, 0.1) is 5.82 Å². The SMILES string of the molecule is O=C(NC[C@@H]1CCCO1)/C(=C\c1ccccc1F)NC(=O)c1ccccc1. The van der Waals surface area contributed by atoms with Crippen molar-refractivity contribution in [2.24, 2.45) is 0 Å². The van der Waals surface area contributed by atoms with Crippen molar-refractivity contribution in [3.63, 3.8) is 0 Å². The predicted octanol–water partition coefficient (Wildman–Crippen LogP) is 2.89. The van der Waals surface area contributed by atoms with Crippen LogP contribution >= 0.6 is 0 Å². The van der Waals surface area contributed by atoms with Gasteiger partial charge in [0.15, 0.2) is 0 Å². The van der Waals surface area contributed by atoms with Crippen LogP contribution in [0.15, 0.2) is 60.3 Å². The smallest absolute Gasteiger partial charge is 0.267 e. The van der Waals surface area contributed by atoms with Crippen molar-refractivity contribution in [2.45, 2.75) is 18.9 Å². The molecule has 0 bridgehead atoms. The Morgan fingerprint density at radius 3 is 2.56 bits per heavy atom. The van der Waals surface area contributed by atoms with E-state index >= 15 is 0 Å². The lowest BCUT2D eigenvalue weighted by molar-refractivity contribution is -0.118. The van der Waals surface area contributed by atoms with Crippen LogP contribution in [0.2, 0.25) is 0 Å². The molecule has 1 aliphatic rings. The van der Waals surface area contributed by atoms with Gasteiger partial charge in [-0.25, -0.2) is 4.39 Å². The summed E-state index contributed by atoms with van der Waals surface area (Å²) < 4.78 is 19.5. The third-order valence-corrected chi connectivity index (χ3v) is 4.25. The van der Waals surface area contributed by atoms with Crippen LogP contribution in [0.5, 0.6) is 0 Å². The van der Waals surface area contributed by atoms with E-state index in [2.05, 4.69) is 10.6 Å². The van der Waals surface area contributed by atoms with E-state index in [0.717, 1.165) is 12.8 Å². The minimum Gasteiger partial charge on any atom is -0.376 e. The zero-order valence-electron chi connectivity index (χ0n) is 14.8. The van der Waals surface area contributed by atoms with E-state index in [1.165, 1.54) is 18.2 Å². The van der Waals surface area contributed by atoms with Crippen LogP contribution in [-0.2, 0) is 9.53 Å². The third-order valence-electron chi connectivity index (χ3n) is 4.25. The number of carbonyl (C=O) groups is 2. The number of hydrogen-bond acceptors (Lipinski definition) is 3. The monoisotopic (exact) mass is 368 g/mol. The molecule has 2 amide bonds. The molecule has 2 aromatic rings. The molecule has 140 valence electrons. The number of carbonyl (C=O) groups excluding carboxylic acids is 2. The van der Waals surface area contributed by atoms with Gasteiger partial charge in [-0.05, 0) is 37.1 Å². The molecule has 1 atom stereocenters. The highest BCUT2D eigenvalue weighted by Crippen LogP contribution is 2.13. The van der Waals surface area contributed by atoms with Gasteiger partial charge in [0.1, 0.15) is 11.5 Å². The average Bonchev–Trinajstić information content (AvgIpc) is 3.21. The van der Waals surface area contributed by atoms with Crippen LogP contribution in [0.3, 0.4) is 0 Å². The van der Waals surface area contributed by atoms with Gasteiger partial charge in [-0.1, -0.05) is 36.4 Å². The molecule has 0 aromatic heterocycles. The molecule has 5 nitrogen and oxygen atoms in total. The summed E-state index contributed by atoms with van der Waals surface area (Å²) in [4.78, 5) is 25.1.